The Kier molecular flexibility index (Phi) is 1.91. The summed E-state index contributed by atoms with van der Waals surface area (Å²) in [4.78, 5) is 0. The van der Waals surface area contributed by atoms with Crippen LogP contribution in [-0.2, 0) is 0 Å². The third-order valence-corrected chi connectivity index (χ3v) is 1.75. The van der Waals surface area contributed by atoms with E-state index in [0.29, 0.717) is 0 Å². The van der Waals surface area contributed by atoms with E-state index in [1.54, 1.807) is 0 Å². The van der Waals surface area contributed by atoms with E-state index in [0.717, 1.165) is 12.0 Å². The maximum atomic E-state index is 3.91. The zero-order chi connectivity index (χ0) is 7.56. The molecule has 1 aliphatic rings. The maximum Gasteiger partial charge on any atom is -0.00918 e. The second kappa shape index (κ2) is 2.70. The van der Waals surface area contributed by atoms with Gasteiger partial charge in [0, 0.05) is 0 Å². The lowest BCUT2D eigenvalue weighted by Crippen LogP contribution is -1.80. The number of hydrogen-bond acceptors (Lipinski definition) is 0. The molecule has 10 heavy (non-hydrogen) atoms. The number of allylic oxidation sites excluding steroid dienone is 6. The van der Waals surface area contributed by atoms with Crippen LogP contribution in [0.1, 0.15) is 13.3 Å². The van der Waals surface area contributed by atoms with Gasteiger partial charge < -0.3 is 0 Å². The Labute approximate surface area is 62.3 Å². The fraction of sp³-hybridized carbons (Fsp3) is 0.200. The molecule has 0 aromatic carbocycles. The predicted octanol–water partition coefficient (Wildman–Crippen LogP) is 3.01. The van der Waals surface area contributed by atoms with E-state index in [4.69, 9.17) is 0 Å². The Hall–Kier alpha value is -1.04. The standard InChI is InChI=1S/C10H12/c1-4-5-10-8(2)6-7-9(10)3/h4,6-7H,1-2,5H2,3H3. The van der Waals surface area contributed by atoms with Gasteiger partial charge in [-0.15, -0.1) is 6.58 Å². The molecule has 0 amide bonds. The van der Waals surface area contributed by atoms with Gasteiger partial charge in [-0.1, -0.05) is 24.8 Å². The summed E-state index contributed by atoms with van der Waals surface area (Å²) in [5, 5.41) is 0. The summed E-state index contributed by atoms with van der Waals surface area (Å²) in [6, 6.07) is 0. The number of rotatable bonds is 2. The lowest BCUT2D eigenvalue weighted by atomic mass is 10.1. The highest BCUT2D eigenvalue weighted by Crippen LogP contribution is 2.25. The van der Waals surface area contributed by atoms with Gasteiger partial charge in [-0.3, -0.25) is 0 Å². The van der Waals surface area contributed by atoms with Crippen molar-refractivity contribution in [2.45, 2.75) is 13.3 Å². The van der Waals surface area contributed by atoms with E-state index < -0.39 is 0 Å². The highest BCUT2D eigenvalue weighted by atomic mass is 14.1. The number of hydrogen-bond donors (Lipinski definition) is 0. The molecule has 0 spiro atoms. The third-order valence-electron chi connectivity index (χ3n) is 1.75. The molecule has 0 heterocycles. The van der Waals surface area contributed by atoms with Crippen LogP contribution < -0.4 is 0 Å². The van der Waals surface area contributed by atoms with Crippen LogP contribution in [0.4, 0.5) is 0 Å². The van der Waals surface area contributed by atoms with Crippen LogP contribution in [0.2, 0.25) is 0 Å². The Bertz CT molecular complexity index is 226. The molecule has 1 rings (SSSR count). The lowest BCUT2D eigenvalue weighted by molar-refractivity contribution is 1.23. The first-order valence-corrected chi connectivity index (χ1v) is 3.43. The summed E-state index contributed by atoms with van der Waals surface area (Å²) in [5.74, 6) is 0. The van der Waals surface area contributed by atoms with Crippen LogP contribution in [0.5, 0.6) is 0 Å². The van der Waals surface area contributed by atoms with Crippen molar-refractivity contribution in [3.63, 3.8) is 0 Å². The maximum absolute atomic E-state index is 3.91. The minimum Gasteiger partial charge on any atom is -0.103 e. The van der Waals surface area contributed by atoms with Gasteiger partial charge in [-0.05, 0) is 30.1 Å². The average Bonchev–Trinajstić information content (AvgIpc) is 2.20. The summed E-state index contributed by atoms with van der Waals surface area (Å²) < 4.78 is 0. The van der Waals surface area contributed by atoms with Crippen molar-refractivity contribution in [2.75, 3.05) is 0 Å². The molecule has 0 aromatic heterocycles. The molecule has 52 valence electrons. The molecule has 0 radical (unpaired) electrons. The Morgan fingerprint density at radius 1 is 1.50 bits per heavy atom. The minimum atomic E-state index is 0.942. The first kappa shape index (κ1) is 7.07. The van der Waals surface area contributed by atoms with E-state index in [2.05, 4.69) is 26.2 Å². The van der Waals surface area contributed by atoms with Gasteiger partial charge in [0.15, 0.2) is 0 Å². The van der Waals surface area contributed by atoms with Crippen molar-refractivity contribution in [1.29, 1.82) is 0 Å². The molecule has 0 saturated heterocycles. The van der Waals surface area contributed by atoms with E-state index in [1.165, 1.54) is 11.1 Å². The van der Waals surface area contributed by atoms with E-state index in [9.17, 15) is 0 Å². The fourth-order valence-corrected chi connectivity index (χ4v) is 1.12. The zero-order valence-electron chi connectivity index (χ0n) is 6.35. The van der Waals surface area contributed by atoms with Gasteiger partial charge in [0.2, 0.25) is 0 Å². The van der Waals surface area contributed by atoms with E-state index >= 15 is 0 Å². The Balaban J connectivity index is 2.84. The van der Waals surface area contributed by atoms with Gasteiger partial charge in [0.05, 0.1) is 0 Å². The SMILES string of the molecule is C=CCC1=C(C)C=CC1=C. The summed E-state index contributed by atoms with van der Waals surface area (Å²) in [7, 11) is 0. The van der Waals surface area contributed by atoms with Crippen molar-refractivity contribution in [2.24, 2.45) is 0 Å². The van der Waals surface area contributed by atoms with Gasteiger partial charge in [0.25, 0.3) is 0 Å². The van der Waals surface area contributed by atoms with Crippen molar-refractivity contribution in [3.8, 4) is 0 Å². The summed E-state index contributed by atoms with van der Waals surface area (Å²) >= 11 is 0. The van der Waals surface area contributed by atoms with Gasteiger partial charge >= 0.3 is 0 Å². The normalized spacial score (nSPS) is 16.7. The van der Waals surface area contributed by atoms with Gasteiger partial charge in [-0.25, -0.2) is 0 Å². The lowest BCUT2D eigenvalue weighted by Gasteiger charge is -1.99. The van der Waals surface area contributed by atoms with E-state index in [1.807, 2.05) is 12.2 Å². The van der Waals surface area contributed by atoms with Crippen molar-refractivity contribution >= 4 is 0 Å². The van der Waals surface area contributed by atoms with Crippen molar-refractivity contribution in [1.82, 2.24) is 0 Å². The molecule has 0 aromatic rings. The van der Waals surface area contributed by atoms with Crippen molar-refractivity contribution < 1.29 is 0 Å². The molecule has 0 nitrogen and oxygen atoms in total. The quantitative estimate of drug-likeness (QED) is 0.507. The molecule has 1 aliphatic carbocycles. The molecule has 0 fully saturated rings. The monoisotopic (exact) mass is 132 g/mol. The van der Waals surface area contributed by atoms with Gasteiger partial charge in [-0.2, -0.15) is 0 Å². The fourth-order valence-electron chi connectivity index (χ4n) is 1.12. The second-order valence-electron chi connectivity index (χ2n) is 2.51. The first-order chi connectivity index (χ1) is 4.75. The minimum absolute atomic E-state index is 0.942. The highest BCUT2D eigenvalue weighted by molar-refractivity contribution is 5.51. The second-order valence-corrected chi connectivity index (χ2v) is 2.51. The zero-order valence-corrected chi connectivity index (χ0v) is 6.35. The highest BCUT2D eigenvalue weighted by Gasteiger charge is 2.06. The van der Waals surface area contributed by atoms with Crippen LogP contribution in [0.3, 0.4) is 0 Å². The predicted molar refractivity (Wildman–Crippen MR) is 45.8 cm³/mol. The molecular weight excluding hydrogens is 120 g/mol. The average molecular weight is 132 g/mol. The molecule has 0 atom stereocenters. The molecule has 0 bridgehead atoms. The molecule has 0 aliphatic heterocycles. The first-order valence-electron chi connectivity index (χ1n) is 3.43. The molecule has 0 N–H and O–H groups in total. The van der Waals surface area contributed by atoms with Crippen LogP contribution in [0.15, 0.2) is 48.1 Å². The Morgan fingerprint density at radius 2 is 2.20 bits per heavy atom. The van der Waals surface area contributed by atoms with Crippen LogP contribution in [-0.4, -0.2) is 0 Å². The van der Waals surface area contributed by atoms with Crippen LogP contribution >= 0.6 is 0 Å². The summed E-state index contributed by atoms with van der Waals surface area (Å²) in [6.07, 6.45) is 7.00. The summed E-state index contributed by atoms with van der Waals surface area (Å²) in [5.41, 5.74) is 3.79. The smallest absolute Gasteiger partial charge is 0.00918 e. The van der Waals surface area contributed by atoms with Crippen molar-refractivity contribution in [3.05, 3.63) is 48.1 Å². The molecule has 0 heteroatoms. The van der Waals surface area contributed by atoms with Crippen LogP contribution in [0.25, 0.3) is 0 Å². The molecule has 0 saturated carbocycles. The Morgan fingerprint density at radius 3 is 2.60 bits per heavy atom. The van der Waals surface area contributed by atoms with Crippen LogP contribution in [0, 0.1) is 0 Å². The third kappa shape index (κ3) is 1.10. The largest absolute Gasteiger partial charge is 0.103 e. The van der Waals surface area contributed by atoms with Gasteiger partial charge in [0.1, 0.15) is 0 Å². The molecular formula is C10H12. The summed E-state index contributed by atoms with van der Waals surface area (Å²) in [6.45, 7) is 9.71. The van der Waals surface area contributed by atoms with E-state index in [-0.39, 0.29) is 0 Å². The molecule has 0 unspecified atom stereocenters. The topological polar surface area (TPSA) is 0 Å².